The number of aromatic nitrogens is 2. The summed E-state index contributed by atoms with van der Waals surface area (Å²) in [5.74, 6) is -3.91. The average molecular weight is 564 g/mol. The fraction of sp³-hybridized carbons (Fsp3) is 0.233. The SMILES string of the molecule is O=C(Nc1ccn([C@H]2S[C@@H](COCc3ccccc3)[C@H](OCc3ccccc3)C2(F)F)c(=O)n1)c1ccccc1. The lowest BCUT2D eigenvalue weighted by atomic mass is 10.1. The molecule has 1 N–H and O–H groups in total. The Morgan fingerprint density at radius 2 is 1.50 bits per heavy atom. The Morgan fingerprint density at radius 1 is 0.900 bits per heavy atom. The van der Waals surface area contributed by atoms with Crippen LogP contribution in [0.2, 0.25) is 0 Å². The number of alkyl halides is 2. The molecule has 4 aromatic rings. The van der Waals surface area contributed by atoms with Crippen molar-refractivity contribution in [3.8, 4) is 0 Å². The lowest BCUT2D eigenvalue weighted by Gasteiger charge is -2.26. The summed E-state index contributed by atoms with van der Waals surface area (Å²) in [4.78, 5) is 29.2. The van der Waals surface area contributed by atoms with Crippen molar-refractivity contribution in [2.24, 2.45) is 0 Å². The van der Waals surface area contributed by atoms with E-state index < -0.39 is 34.2 Å². The van der Waals surface area contributed by atoms with Crippen LogP contribution in [0.3, 0.4) is 0 Å². The topological polar surface area (TPSA) is 82.5 Å². The van der Waals surface area contributed by atoms with Crippen LogP contribution >= 0.6 is 11.8 Å². The quantitative estimate of drug-likeness (QED) is 0.273. The van der Waals surface area contributed by atoms with E-state index in [0.29, 0.717) is 5.56 Å². The predicted octanol–water partition coefficient (Wildman–Crippen LogP) is 5.55. The highest BCUT2D eigenvalue weighted by Gasteiger charge is 2.60. The summed E-state index contributed by atoms with van der Waals surface area (Å²) in [5, 5.41) is 0.210. The molecule has 1 amide bonds. The van der Waals surface area contributed by atoms with Gasteiger partial charge >= 0.3 is 11.6 Å². The highest BCUT2D eigenvalue weighted by atomic mass is 32.2. The summed E-state index contributed by atoms with van der Waals surface area (Å²) in [6, 6.07) is 28.2. The van der Waals surface area contributed by atoms with Crippen LogP contribution in [0.25, 0.3) is 0 Å². The molecule has 0 spiro atoms. The van der Waals surface area contributed by atoms with Gasteiger partial charge in [0, 0.05) is 11.8 Å². The molecule has 0 radical (unpaired) electrons. The molecule has 2 heterocycles. The Hall–Kier alpha value is -3.86. The molecular weight excluding hydrogens is 536 g/mol. The molecule has 0 unspecified atom stereocenters. The van der Waals surface area contributed by atoms with Gasteiger partial charge in [-0.2, -0.15) is 4.98 Å². The van der Waals surface area contributed by atoms with Gasteiger partial charge in [0.1, 0.15) is 11.9 Å². The third kappa shape index (κ3) is 6.47. The van der Waals surface area contributed by atoms with Gasteiger partial charge in [-0.3, -0.25) is 9.36 Å². The maximum atomic E-state index is 15.9. The van der Waals surface area contributed by atoms with E-state index in [0.717, 1.165) is 27.5 Å². The number of rotatable bonds is 10. The predicted molar refractivity (Wildman–Crippen MR) is 149 cm³/mol. The average Bonchev–Trinajstić information content (AvgIpc) is 3.22. The van der Waals surface area contributed by atoms with Crippen LogP contribution in [0, 0.1) is 0 Å². The Morgan fingerprint density at radius 3 is 2.12 bits per heavy atom. The minimum atomic E-state index is -3.42. The zero-order valence-corrected chi connectivity index (χ0v) is 22.2. The number of ether oxygens (including phenoxy) is 2. The zero-order valence-electron chi connectivity index (χ0n) is 21.4. The Bertz CT molecular complexity index is 1470. The maximum Gasteiger partial charge on any atom is 0.350 e. The van der Waals surface area contributed by atoms with Crippen LogP contribution in [0.15, 0.2) is 108 Å². The zero-order chi connectivity index (χ0) is 28.0. The van der Waals surface area contributed by atoms with E-state index in [4.69, 9.17) is 9.47 Å². The number of carbonyl (C=O) groups excluding carboxylic acids is 1. The van der Waals surface area contributed by atoms with Gasteiger partial charge < -0.3 is 14.8 Å². The molecule has 10 heteroatoms. The van der Waals surface area contributed by atoms with E-state index in [1.54, 1.807) is 42.5 Å². The number of thioether (sulfide) groups is 1. The molecule has 0 saturated carbocycles. The van der Waals surface area contributed by atoms with Gasteiger partial charge in [-0.25, -0.2) is 13.6 Å². The highest BCUT2D eigenvalue weighted by Crippen LogP contribution is 2.53. The van der Waals surface area contributed by atoms with Crippen molar-refractivity contribution in [1.29, 1.82) is 0 Å². The molecule has 1 aromatic heterocycles. The maximum absolute atomic E-state index is 15.9. The van der Waals surface area contributed by atoms with E-state index in [1.165, 1.54) is 12.3 Å². The van der Waals surface area contributed by atoms with Gasteiger partial charge in [0.15, 0.2) is 5.37 Å². The molecule has 1 aliphatic rings. The van der Waals surface area contributed by atoms with Crippen LogP contribution in [0.4, 0.5) is 14.6 Å². The fourth-order valence-electron chi connectivity index (χ4n) is 4.38. The van der Waals surface area contributed by atoms with Crippen molar-refractivity contribution in [1.82, 2.24) is 9.55 Å². The molecular formula is C30H27F2N3O4S. The number of halogens is 2. The number of carbonyl (C=O) groups is 1. The first kappa shape index (κ1) is 27.7. The number of hydrogen-bond acceptors (Lipinski definition) is 6. The van der Waals surface area contributed by atoms with Crippen molar-refractivity contribution in [2.75, 3.05) is 11.9 Å². The molecule has 5 rings (SSSR count). The van der Waals surface area contributed by atoms with Crippen LogP contribution in [-0.2, 0) is 22.7 Å². The van der Waals surface area contributed by atoms with Gasteiger partial charge in [-0.1, -0.05) is 78.9 Å². The summed E-state index contributed by atoms with van der Waals surface area (Å²) in [5.41, 5.74) is 1.15. The molecule has 206 valence electrons. The van der Waals surface area contributed by atoms with Gasteiger partial charge in [-0.15, -0.1) is 11.8 Å². The summed E-state index contributed by atoms with van der Waals surface area (Å²) < 4.78 is 44.3. The van der Waals surface area contributed by atoms with Crippen LogP contribution in [0.5, 0.6) is 0 Å². The van der Waals surface area contributed by atoms with E-state index in [2.05, 4.69) is 10.3 Å². The highest BCUT2D eigenvalue weighted by molar-refractivity contribution is 8.00. The Balaban J connectivity index is 1.33. The van der Waals surface area contributed by atoms with Gasteiger partial charge in [-0.05, 0) is 29.3 Å². The van der Waals surface area contributed by atoms with Crippen molar-refractivity contribution >= 4 is 23.5 Å². The van der Waals surface area contributed by atoms with Crippen molar-refractivity contribution in [3.05, 3.63) is 130 Å². The first-order valence-corrected chi connectivity index (χ1v) is 13.6. The first-order chi connectivity index (χ1) is 19.4. The number of nitrogens with zero attached hydrogens (tertiary/aromatic N) is 2. The molecule has 1 fully saturated rings. The standard InChI is InChI=1S/C30H27F2N3O4S/c31-30(32)26(39-19-22-12-6-2-7-13-22)24(20-38-18-21-10-4-1-5-11-21)40-28(30)35-17-16-25(34-29(35)37)33-27(36)23-14-8-3-9-15-23/h1-17,24,26,28H,18-20H2,(H,33,34,36,37)/t24-,26-,28-/m0/s1. The van der Waals surface area contributed by atoms with Crippen molar-refractivity contribution < 1.29 is 23.0 Å². The van der Waals surface area contributed by atoms with Crippen LogP contribution < -0.4 is 11.0 Å². The van der Waals surface area contributed by atoms with Gasteiger partial charge in [0.25, 0.3) is 5.91 Å². The summed E-state index contributed by atoms with van der Waals surface area (Å²) in [7, 11) is 0. The number of benzene rings is 3. The van der Waals surface area contributed by atoms with E-state index >= 15 is 8.78 Å². The molecule has 1 aliphatic heterocycles. The third-order valence-corrected chi connectivity index (χ3v) is 7.91. The third-order valence-electron chi connectivity index (χ3n) is 6.38. The summed E-state index contributed by atoms with van der Waals surface area (Å²) in [6.45, 7) is 0.247. The molecule has 3 aromatic carbocycles. The second-order valence-electron chi connectivity index (χ2n) is 9.24. The fourth-order valence-corrected chi connectivity index (χ4v) is 5.89. The van der Waals surface area contributed by atoms with Crippen molar-refractivity contribution in [3.63, 3.8) is 0 Å². The summed E-state index contributed by atoms with van der Waals surface area (Å²) in [6.07, 6.45) is -0.286. The van der Waals surface area contributed by atoms with E-state index in [9.17, 15) is 9.59 Å². The number of hydrogen-bond donors (Lipinski definition) is 1. The number of nitrogens with one attached hydrogen (secondary N) is 1. The first-order valence-electron chi connectivity index (χ1n) is 12.7. The molecule has 0 aliphatic carbocycles. The van der Waals surface area contributed by atoms with Crippen molar-refractivity contribution in [2.45, 2.75) is 35.9 Å². The lowest BCUT2D eigenvalue weighted by molar-refractivity contribution is -0.148. The normalized spacial score (nSPS) is 19.8. The molecule has 40 heavy (non-hydrogen) atoms. The number of anilines is 1. The Kier molecular flexibility index (Phi) is 8.69. The molecule has 7 nitrogen and oxygen atoms in total. The molecule has 1 saturated heterocycles. The van der Waals surface area contributed by atoms with E-state index in [1.807, 2.05) is 48.5 Å². The minimum absolute atomic E-state index is 0.00149. The molecule has 3 atom stereocenters. The second-order valence-corrected chi connectivity index (χ2v) is 10.6. The second kappa shape index (κ2) is 12.5. The van der Waals surface area contributed by atoms with E-state index in [-0.39, 0.29) is 25.6 Å². The van der Waals surface area contributed by atoms with Crippen LogP contribution in [-0.4, -0.2) is 39.3 Å². The Labute approximate surface area is 234 Å². The van der Waals surface area contributed by atoms with Gasteiger partial charge in [0.2, 0.25) is 0 Å². The monoisotopic (exact) mass is 563 g/mol. The smallest absolute Gasteiger partial charge is 0.350 e. The van der Waals surface area contributed by atoms with Gasteiger partial charge in [0.05, 0.1) is 25.1 Å². The minimum Gasteiger partial charge on any atom is -0.376 e. The largest absolute Gasteiger partial charge is 0.376 e. The summed E-state index contributed by atoms with van der Waals surface area (Å²) >= 11 is 0.915. The number of amides is 1. The van der Waals surface area contributed by atoms with Crippen LogP contribution in [0.1, 0.15) is 26.9 Å². The lowest BCUT2D eigenvalue weighted by Crippen LogP contribution is -2.43. The molecule has 0 bridgehead atoms.